The summed E-state index contributed by atoms with van der Waals surface area (Å²) < 4.78 is 10.1. The first-order valence-corrected chi connectivity index (χ1v) is 17.2. The van der Waals surface area contributed by atoms with Gasteiger partial charge in [-0.3, -0.25) is 0 Å². The number of fused-ring (bicyclic) bond motifs is 1. The second-order valence-electron chi connectivity index (χ2n) is 10.0. The number of carbonyl (C=O) groups excluding carboxylic acids is 1. The van der Waals surface area contributed by atoms with E-state index in [1.165, 1.54) is 15.6 Å². The van der Waals surface area contributed by atoms with Gasteiger partial charge in [0.15, 0.2) is 0 Å². The number of rotatable bonds is 6. The standard InChI is InChI=1S/C24H35IN2O2SeSi/c1-9-18-19(14-25)30-23(26-17-12-10-15(2)11-13-17)27-21(18)20(22(27)28)16(3)29-31(7,8)24(4,5)6/h10-13,16,20-21H,9,14H2,1-8H3/t16-,20-,21-/m1/s1. The fourth-order valence-corrected chi connectivity index (χ4v) is 9.07. The van der Waals surface area contributed by atoms with Crippen molar-refractivity contribution in [2.75, 3.05) is 4.43 Å². The first-order valence-electron chi connectivity index (χ1n) is 11.0. The number of amides is 1. The predicted octanol–water partition coefficient (Wildman–Crippen LogP) is 6.04. The van der Waals surface area contributed by atoms with Crippen molar-refractivity contribution >= 4 is 62.2 Å². The van der Waals surface area contributed by atoms with E-state index in [9.17, 15) is 4.79 Å². The summed E-state index contributed by atoms with van der Waals surface area (Å²) in [6.45, 7) is 17.7. The molecule has 0 unspecified atom stereocenters. The summed E-state index contributed by atoms with van der Waals surface area (Å²) in [7, 11) is -1.95. The second kappa shape index (κ2) is 9.41. The third-order valence-corrected chi connectivity index (χ3v) is 15.7. The molecule has 3 rings (SSSR count). The van der Waals surface area contributed by atoms with E-state index in [0.717, 1.165) is 21.3 Å². The van der Waals surface area contributed by atoms with Crippen LogP contribution in [0.3, 0.4) is 0 Å². The zero-order valence-corrected chi connectivity index (χ0v) is 24.8. The van der Waals surface area contributed by atoms with Gasteiger partial charge in [0.05, 0.1) is 0 Å². The summed E-state index contributed by atoms with van der Waals surface area (Å²) >= 11 is 2.55. The number of benzene rings is 1. The van der Waals surface area contributed by atoms with Crippen LogP contribution < -0.4 is 0 Å². The van der Waals surface area contributed by atoms with Gasteiger partial charge >= 0.3 is 210 Å². The molecule has 0 saturated carbocycles. The van der Waals surface area contributed by atoms with Crippen LogP contribution in [-0.2, 0) is 9.22 Å². The molecule has 7 heteroatoms. The van der Waals surface area contributed by atoms with Gasteiger partial charge in [0.2, 0.25) is 0 Å². The Morgan fingerprint density at radius 3 is 2.39 bits per heavy atom. The van der Waals surface area contributed by atoms with Gasteiger partial charge in [-0.05, 0) is 0 Å². The third kappa shape index (κ3) is 4.91. The number of β-lactam (4-membered cyclic amide) rings is 1. The van der Waals surface area contributed by atoms with Crippen LogP contribution in [0.2, 0.25) is 18.1 Å². The fraction of sp³-hybridized carbons (Fsp3) is 0.583. The number of aliphatic imine (C=N–C) groups is 1. The summed E-state index contributed by atoms with van der Waals surface area (Å²) in [5.74, 6) is 0.0729. The molecule has 2 aliphatic rings. The van der Waals surface area contributed by atoms with Gasteiger partial charge in [0.25, 0.3) is 0 Å². The van der Waals surface area contributed by atoms with Crippen molar-refractivity contribution in [1.82, 2.24) is 4.90 Å². The normalized spacial score (nSPS) is 24.4. The number of hydrogen-bond acceptors (Lipinski definition) is 3. The Bertz CT molecular complexity index is 905. The van der Waals surface area contributed by atoms with E-state index in [1.807, 2.05) is 17.0 Å². The molecule has 0 aliphatic carbocycles. The number of amidine groups is 1. The quantitative estimate of drug-likeness (QED) is 0.169. The van der Waals surface area contributed by atoms with E-state index in [-0.39, 0.29) is 44.0 Å². The Kier molecular flexibility index (Phi) is 7.64. The molecule has 31 heavy (non-hydrogen) atoms. The molecular formula is C24H35IN2O2SeSi. The summed E-state index contributed by atoms with van der Waals surface area (Å²) in [5, 5.41) is 0.123. The molecule has 2 aliphatic heterocycles. The molecule has 0 aromatic heterocycles. The minimum atomic E-state index is -1.95. The topological polar surface area (TPSA) is 41.9 Å². The molecule has 0 N–H and O–H groups in total. The van der Waals surface area contributed by atoms with Crippen molar-refractivity contribution < 1.29 is 9.22 Å². The molecule has 1 fully saturated rings. The maximum absolute atomic E-state index is 13.5. The van der Waals surface area contributed by atoms with Crippen LogP contribution in [-0.4, -0.2) is 55.4 Å². The number of aryl methyl sites for hydroxylation is 1. The molecule has 0 bridgehead atoms. The summed E-state index contributed by atoms with van der Waals surface area (Å²) in [6, 6.07) is 8.34. The van der Waals surface area contributed by atoms with Crippen molar-refractivity contribution in [2.24, 2.45) is 10.9 Å². The molecule has 1 saturated heterocycles. The van der Waals surface area contributed by atoms with Crippen LogP contribution >= 0.6 is 22.6 Å². The van der Waals surface area contributed by atoms with Crippen molar-refractivity contribution in [3.05, 3.63) is 39.9 Å². The van der Waals surface area contributed by atoms with Crippen LogP contribution in [0.1, 0.15) is 46.6 Å². The predicted molar refractivity (Wildman–Crippen MR) is 142 cm³/mol. The number of alkyl halides is 1. The zero-order valence-electron chi connectivity index (χ0n) is 20.0. The molecule has 4 nitrogen and oxygen atoms in total. The molecule has 1 amide bonds. The van der Waals surface area contributed by atoms with Gasteiger partial charge in [-0.25, -0.2) is 0 Å². The SMILES string of the molecule is CCC1=C(CI)[Se]C(=Nc2ccc(C)cc2)N2C(=O)[C@H]([C@@H](C)O[Si](C)(C)C(C)(C)C)[C@@H]12. The number of hydrogen-bond donors (Lipinski definition) is 0. The molecule has 0 radical (unpaired) electrons. The third-order valence-electron chi connectivity index (χ3n) is 6.83. The zero-order chi connectivity index (χ0) is 23.1. The van der Waals surface area contributed by atoms with E-state index >= 15 is 0 Å². The number of halogens is 1. The van der Waals surface area contributed by atoms with Gasteiger partial charge in [-0.2, -0.15) is 0 Å². The summed E-state index contributed by atoms with van der Waals surface area (Å²) in [6.07, 6.45) is 0.897. The molecule has 2 heterocycles. The van der Waals surface area contributed by atoms with E-state index in [0.29, 0.717) is 0 Å². The Labute approximate surface area is 208 Å². The number of carbonyl (C=O) groups is 1. The minimum absolute atomic E-state index is 0.0814. The molecule has 170 valence electrons. The molecule has 1 aromatic rings. The maximum atomic E-state index is 13.5. The van der Waals surface area contributed by atoms with Gasteiger partial charge in [-0.15, -0.1) is 0 Å². The Balaban J connectivity index is 1.95. The van der Waals surface area contributed by atoms with Gasteiger partial charge in [-0.1, -0.05) is 0 Å². The molecule has 0 spiro atoms. The van der Waals surface area contributed by atoms with Crippen molar-refractivity contribution in [2.45, 2.75) is 78.2 Å². The van der Waals surface area contributed by atoms with E-state index in [2.05, 4.69) is 89.4 Å². The van der Waals surface area contributed by atoms with Crippen molar-refractivity contribution in [3.63, 3.8) is 0 Å². The number of nitrogens with zero attached hydrogens (tertiary/aromatic N) is 2. The van der Waals surface area contributed by atoms with Crippen LogP contribution in [0.4, 0.5) is 5.69 Å². The van der Waals surface area contributed by atoms with E-state index in [1.54, 1.807) is 0 Å². The van der Waals surface area contributed by atoms with Crippen LogP contribution in [0.25, 0.3) is 0 Å². The van der Waals surface area contributed by atoms with E-state index in [4.69, 9.17) is 9.42 Å². The Hall–Kier alpha value is -0.474. The van der Waals surface area contributed by atoms with Crippen molar-refractivity contribution in [3.8, 4) is 0 Å². The van der Waals surface area contributed by atoms with E-state index < -0.39 is 8.32 Å². The summed E-state index contributed by atoms with van der Waals surface area (Å²) in [5.41, 5.74) is 3.58. The Morgan fingerprint density at radius 1 is 1.26 bits per heavy atom. The van der Waals surface area contributed by atoms with Gasteiger partial charge < -0.3 is 0 Å². The van der Waals surface area contributed by atoms with Crippen LogP contribution in [0, 0.1) is 12.8 Å². The number of allylic oxidation sites excluding steroid dienone is 1. The molecule has 1 aromatic carbocycles. The van der Waals surface area contributed by atoms with Crippen LogP contribution in [0.15, 0.2) is 39.3 Å². The first-order chi connectivity index (χ1) is 14.4. The van der Waals surface area contributed by atoms with Gasteiger partial charge in [0, 0.05) is 0 Å². The van der Waals surface area contributed by atoms with Gasteiger partial charge in [0.1, 0.15) is 0 Å². The Morgan fingerprint density at radius 2 is 1.87 bits per heavy atom. The second-order valence-corrected chi connectivity index (χ2v) is 17.8. The molecular weight excluding hydrogens is 582 g/mol. The first kappa shape index (κ1) is 25.2. The van der Waals surface area contributed by atoms with Crippen molar-refractivity contribution in [1.29, 1.82) is 0 Å². The van der Waals surface area contributed by atoms with Crippen LogP contribution in [0.5, 0.6) is 0 Å². The average molecular weight is 618 g/mol. The fourth-order valence-electron chi connectivity index (χ4n) is 3.99. The monoisotopic (exact) mass is 618 g/mol. The average Bonchev–Trinajstić information content (AvgIpc) is 2.67. The molecule has 3 atom stereocenters. The summed E-state index contributed by atoms with van der Waals surface area (Å²) in [4.78, 5) is 20.4.